The topological polar surface area (TPSA) is 56.7 Å². The molecule has 1 saturated heterocycles. The standard InChI is InChI=1S/C22H26N4O/c1-23-22(25-15-18-13-17-5-2-3-6-20(17)18)24-14-16-8-10-19(11-9-16)26-12-4-7-21(26)27/h2-3,5-6,8-11,18H,4,7,12-15H2,1H3,(H2,23,24,25). The minimum atomic E-state index is 0.225. The lowest BCUT2D eigenvalue weighted by molar-refractivity contribution is -0.117. The van der Waals surface area contributed by atoms with E-state index in [1.165, 1.54) is 16.7 Å². The number of carbonyl (C=O) groups is 1. The number of rotatable bonds is 5. The normalized spacial score (nSPS) is 18.9. The van der Waals surface area contributed by atoms with Crippen molar-refractivity contribution in [2.24, 2.45) is 4.99 Å². The van der Waals surface area contributed by atoms with Gasteiger partial charge >= 0.3 is 0 Å². The van der Waals surface area contributed by atoms with Gasteiger partial charge in [0.15, 0.2) is 5.96 Å². The molecule has 0 bridgehead atoms. The van der Waals surface area contributed by atoms with Crippen molar-refractivity contribution in [1.29, 1.82) is 0 Å². The zero-order chi connectivity index (χ0) is 18.6. The Balaban J connectivity index is 1.27. The largest absolute Gasteiger partial charge is 0.356 e. The summed E-state index contributed by atoms with van der Waals surface area (Å²) in [6, 6.07) is 16.8. The van der Waals surface area contributed by atoms with E-state index >= 15 is 0 Å². The fourth-order valence-corrected chi connectivity index (χ4v) is 3.89. The summed E-state index contributed by atoms with van der Waals surface area (Å²) in [5, 5.41) is 6.80. The van der Waals surface area contributed by atoms with Crippen molar-refractivity contribution >= 4 is 17.6 Å². The number of fused-ring (bicyclic) bond motifs is 1. The van der Waals surface area contributed by atoms with E-state index in [9.17, 15) is 4.79 Å². The zero-order valence-electron chi connectivity index (χ0n) is 15.7. The predicted molar refractivity (Wildman–Crippen MR) is 109 cm³/mol. The third-order valence-corrected chi connectivity index (χ3v) is 5.48. The van der Waals surface area contributed by atoms with E-state index in [0.717, 1.165) is 37.6 Å². The molecule has 2 aliphatic rings. The van der Waals surface area contributed by atoms with Gasteiger partial charge in [-0.3, -0.25) is 9.79 Å². The van der Waals surface area contributed by atoms with Gasteiger partial charge in [-0.2, -0.15) is 0 Å². The molecular weight excluding hydrogens is 336 g/mol. The Hall–Kier alpha value is -2.82. The summed E-state index contributed by atoms with van der Waals surface area (Å²) in [5.41, 5.74) is 5.08. The molecule has 0 aromatic heterocycles. The van der Waals surface area contributed by atoms with Crippen LogP contribution < -0.4 is 15.5 Å². The van der Waals surface area contributed by atoms with Crippen LogP contribution in [-0.2, 0) is 17.8 Å². The van der Waals surface area contributed by atoms with E-state index in [2.05, 4.69) is 52.0 Å². The van der Waals surface area contributed by atoms with Gasteiger partial charge in [-0.25, -0.2) is 0 Å². The smallest absolute Gasteiger partial charge is 0.227 e. The van der Waals surface area contributed by atoms with Gasteiger partial charge in [0.25, 0.3) is 0 Å². The molecule has 5 heteroatoms. The fourth-order valence-electron chi connectivity index (χ4n) is 3.89. The van der Waals surface area contributed by atoms with Crippen LogP contribution in [0, 0.1) is 0 Å². The Bertz CT molecular complexity index is 844. The average Bonchev–Trinajstić information content (AvgIpc) is 3.11. The number of nitrogens with one attached hydrogen (secondary N) is 2. The van der Waals surface area contributed by atoms with Crippen molar-refractivity contribution < 1.29 is 4.79 Å². The number of amides is 1. The molecule has 2 N–H and O–H groups in total. The maximum Gasteiger partial charge on any atom is 0.227 e. The summed E-state index contributed by atoms with van der Waals surface area (Å²) in [4.78, 5) is 18.0. The van der Waals surface area contributed by atoms with E-state index in [1.807, 2.05) is 17.0 Å². The second-order valence-corrected chi connectivity index (χ2v) is 7.22. The van der Waals surface area contributed by atoms with E-state index in [1.54, 1.807) is 7.05 Å². The van der Waals surface area contributed by atoms with Gasteiger partial charge in [-0.1, -0.05) is 36.4 Å². The number of guanidine groups is 1. The molecule has 1 heterocycles. The zero-order valence-corrected chi connectivity index (χ0v) is 15.7. The first kappa shape index (κ1) is 17.6. The summed E-state index contributed by atoms with van der Waals surface area (Å²) in [5.74, 6) is 1.61. The van der Waals surface area contributed by atoms with E-state index < -0.39 is 0 Å². The highest BCUT2D eigenvalue weighted by Gasteiger charge is 2.25. The lowest BCUT2D eigenvalue weighted by Gasteiger charge is -2.30. The molecule has 2 aromatic carbocycles. The number of carbonyl (C=O) groups excluding carboxylic acids is 1. The third kappa shape index (κ3) is 3.82. The number of anilines is 1. The molecule has 0 radical (unpaired) electrons. The van der Waals surface area contributed by atoms with Gasteiger partial charge in [0.05, 0.1) is 0 Å². The second kappa shape index (κ2) is 7.82. The minimum Gasteiger partial charge on any atom is -0.356 e. The van der Waals surface area contributed by atoms with Crippen LogP contribution in [0.2, 0.25) is 0 Å². The van der Waals surface area contributed by atoms with Crippen molar-refractivity contribution in [3.8, 4) is 0 Å². The average molecular weight is 362 g/mol. The molecule has 4 rings (SSSR count). The van der Waals surface area contributed by atoms with E-state index in [0.29, 0.717) is 18.9 Å². The Morgan fingerprint density at radius 1 is 1.15 bits per heavy atom. The highest BCUT2D eigenvalue weighted by molar-refractivity contribution is 5.95. The predicted octanol–water partition coefficient (Wildman–Crippen LogP) is 2.82. The molecule has 27 heavy (non-hydrogen) atoms. The van der Waals surface area contributed by atoms with Crippen LogP contribution in [0.15, 0.2) is 53.5 Å². The number of aliphatic imine (C=N–C) groups is 1. The van der Waals surface area contributed by atoms with E-state index in [4.69, 9.17) is 0 Å². The SMILES string of the molecule is CN=C(NCc1ccc(N2CCCC2=O)cc1)NCC1Cc2ccccc21. The lowest BCUT2D eigenvalue weighted by atomic mass is 9.78. The van der Waals surface area contributed by atoms with Crippen LogP contribution in [0.4, 0.5) is 5.69 Å². The van der Waals surface area contributed by atoms with Gasteiger partial charge in [-0.15, -0.1) is 0 Å². The molecule has 0 spiro atoms. The van der Waals surface area contributed by atoms with Crippen molar-refractivity contribution in [2.75, 3.05) is 25.0 Å². The lowest BCUT2D eigenvalue weighted by Crippen LogP contribution is -2.40. The monoisotopic (exact) mass is 362 g/mol. The van der Waals surface area contributed by atoms with Crippen molar-refractivity contribution in [3.05, 3.63) is 65.2 Å². The third-order valence-electron chi connectivity index (χ3n) is 5.48. The number of benzene rings is 2. The molecule has 1 atom stereocenters. The first-order valence-electron chi connectivity index (χ1n) is 9.66. The molecule has 0 saturated carbocycles. The van der Waals surface area contributed by atoms with Gasteiger partial charge < -0.3 is 15.5 Å². The Morgan fingerprint density at radius 2 is 1.96 bits per heavy atom. The van der Waals surface area contributed by atoms with Crippen LogP contribution in [0.25, 0.3) is 0 Å². The highest BCUT2D eigenvalue weighted by atomic mass is 16.2. The molecule has 1 aliphatic heterocycles. The first-order valence-corrected chi connectivity index (χ1v) is 9.66. The molecule has 2 aromatic rings. The molecule has 1 aliphatic carbocycles. The number of hydrogen-bond acceptors (Lipinski definition) is 2. The van der Waals surface area contributed by atoms with Crippen LogP contribution >= 0.6 is 0 Å². The van der Waals surface area contributed by atoms with Crippen LogP contribution in [0.3, 0.4) is 0 Å². The van der Waals surface area contributed by atoms with Gasteiger partial charge in [-0.05, 0) is 41.7 Å². The summed E-state index contributed by atoms with van der Waals surface area (Å²) in [6.07, 6.45) is 2.75. The summed E-state index contributed by atoms with van der Waals surface area (Å²) in [6.45, 7) is 2.43. The fraction of sp³-hybridized carbons (Fsp3) is 0.364. The van der Waals surface area contributed by atoms with E-state index in [-0.39, 0.29) is 5.91 Å². The van der Waals surface area contributed by atoms with Crippen molar-refractivity contribution in [3.63, 3.8) is 0 Å². The molecule has 140 valence electrons. The Morgan fingerprint density at radius 3 is 2.67 bits per heavy atom. The maximum absolute atomic E-state index is 11.8. The van der Waals surface area contributed by atoms with Crippen LogP contribution in [-0.4, -0.2) is 32.0 Å². The van der Waals surface area contributed by atoms with Gasteiger partial charge in [0.2, 0.25) is 5.91 Å². The molecular formula is C22H26N4O. The molecule has 1 amide bonds. The van der Waals surface area contributed by atoms with Gasteiger partial charge in [0, 0.05) is 44.7 Å². The number of hydrogen-bond donors (Lipinski definition) is 2. The van der Waals surface area contributed by atoms with Crippen molar-refractivity contribution in [2.45, 2.75) is 31.7 Å². The number of nitrogens with zero attached hydrogens (tertiary/aromatic N) is 2. The Kier molecular flexibility index (Phi) is 5.10. The molecule has 1 unspecified atom stereocenters. The van der Waals surface area contributed by atoms with Gasteiger partial charge in [0.1, 0.15) is 0 Å². The van der Waals surface area contributed by atoms with Crippen LogP contribution in [0.1, 0.15) is 35.4 Å². The van der Waals surface area contributed by atoms with Crippen LogP contribution in [0.5, 0.6) is 0 Å². The summed E-state index contributed by atoms with van der Waals surface area (Å²) < 4.78 is 0. The first-order chi connectivity index (χ1) is 13.2. The maximum atomic E-state index is 11.8. The van der Waals surface area contributed by atoms with Crippen molar-refractivity contribution in [1.82, 2.24) is 10.6 Å². The molecule has 5 nitrogen and oxygen atoms in total. The second-order valence-electron chi connectivity index (χ2n) is 7.22. The highest BCUT2D eigenvalue weighted by Crippen LogP contribution is 2.33. The summed E-state index contributed by atoms with van der Waals surface area (Å²) in [7, 11) is 1.80. The molecule has 1 fully saturated rings. The Labute approximate surface area is 160 Å². The quantitative estimate of drug-likeness (QED) is 0.635. The summed E-state index contributed by atoms with van der Waals surface area (Å²) >= 11 is 0. The minimum absolute atomic E-state index is 0.225.